The molecule has 0 radical (unpaired) electrons. The van der Waals surface area contributed by atoms with Gasteiger partial charge in [0.2, 0.25) is 0 Å². The van der Waals surface area contributed by atoms with Gasteiger partial charge in [0.1, 0.15) is 0 Å². The molecule has 3 atom stereocenters. The van der Waals surface area contributed by atoms with E-state index in [-0.39, 0.29) is 0 Å². The highest BCUT2D eigenvalue weighted by molar-refractivity contribution is 5.05. The molecule has 0 aliphatic heterocycles. The van der Waals surface area contributed by atoms with Gasteiger partial charge < -0.3 is 0 Å². The van der Waals surface area contributed by atoms with Crippen LogP contribution in [0.3, 0.4) is 0 Å². The molecule has 0 aromatic heterocycles. The second kappa shape index (κ2) is 3.99. The van der Waals surface area contributed by atoms with E-state index in [1.807, 2.05) is 6.92 Å². The van der Waals surface area contributed by atoms with Gasteiger partial charge in [-0.3, -0.25) is 0 Å². The van der Waals surface area contributed by atoms with Gasteiger partial charge in [0, 0.05) is 0 Å². The molecule has 3 heteroatoms. The monoisotopic (exact) mass is 222 g/mol. The molecule has 15 heavy (non-hydrogen) atoms. The molecule has 0 heterocycles. The van der Waals surface area contributed by atoms with E-state index in [9.17, 15) is 13.2 Å². The Morgan fingerprint density at radius 1 is 1.27 bits per heavy atom. The van der Waals surface area contributed by atoms with Crippen LogP contribution >= 0.6 is 0 Å². The van der Waals surface area contributed by atoms with Crippen molar-refractivity contribution < 1.29 is 13.2 Å². The zero-order chi connectivity index (χ0) is 11.9. The van der Waals surface area contributed by atoms with Crippen LogP contribution in [0.5, 0.6) is 0 Å². The van der Waals surface area contributed by atoms with Crippen LogP contribution in [0.15, 0.2) is 0 Å². The van der Waals surface area contributed by atoms with Crippen molar-refractivity contribution in [1.82, 2.24) is 0 Å². The first kappa shape index (κ1) is 12.9. The van der Waals surface area contributed by atoms with Gasteiger partial charge in [-0.05, 0) is 36.5 Å². The second-order valence-electron chi connectivity index (χ2n) is 5.38. The van der Waals surface area contributed by atoms with Crippen molar-refractivity contribution in [2.24, 2.45) is 23.2 Å². The molecule has 0 aromatic carbocycles. The largest absolute Gasteiger partial charge is 0.392 e. The Morgan fingerprint density at radius 2 is 1.80 bits per heavy atom. The third-order valence-electron chi connectivity index (χ3n) is 4.05. The third-order valence-corrected chi connectivity index (χ3v) is 4.05. The van der Waals surface area contributed by atoms with Gasteiger partial charge >= 0.3 is 6.18 Å². The summed E-state index contributed by atoms with van der Waals surface area (Å²) in [5, 5.41) is 0. The molecule has 0 N–H and O–H groups in total. The van der Waals surface area contributed by atoms with Crippen LogP contribution in [0.4, 0.5) is 13.2 Å². The summed E-state index contributed by atoms with van der Waals surface area (Å²) in [6.07, 6.45) is -1.66. The summed E-state index contributed by atoms with van der Waals surface area (Å²) in [5.41, 5.74) is -0.442. The Hall–Kier alpha value is -0.210. The first-order valence-electron chi connectivity index (χ1n) is 5.80. The Morgan fingerprint density at radius 3 is 2.13 bits per heavy atom. The van der Waals surface area contributed by atoms with E-state index in [0.29, 0.717) is 18.3 Å². The summed E-state index contributed by atoms with van der Waals surface area (Å²) >= 11 is 0. The van der Waals surface area contributed by atoms with Crippen LogP contribution in [0.25, 0.3) is 0 Å². The van der Waals surface area contributed by atoms with Crippen molar-refractivity contribution in [3.63, 3.8) is 0 Å². The maximum Gasteiger partial charge on any atom is 0.392 e. The second-order valence-corrected chi connectivity index (χ2v) is 5.38. The van der Waals surface area contributed by atoms with Crippen LogP contribution in [-0.4, -0.2) is 6.18 Å². The SMILES string of the molecule is CCC1(C(C)C(F)(F)F)CC1CC(C)C. The average Bonchev–Trinajstić information content (AvgIpc) is 2.76. The minimum Gasteiger partial charge on any atom is -0.171 e. The highest BCUT2D eigenvalue weighted by Crippen LogP contribution is 2.65. The zero-order valence-corrected chi connectivity index (χ0v) is 9.99. The zero-order valence-electron chi connectivity index (χ0n) is 9.99. The quantitative estimate of drug-likeness (QED) is 0.649. The fraction of sp³-hybridized carbons (Fsp3) is 1.00. The van der Waals surface area contributed by atoms with Crippen molar-refractivity contribution >= 4 is 0 Å². The third kappa shape index (κ3) is 2.48. The minimum absolute atomic E-state index is 0.291. The fourth-order valence-electron chi connectivity index (χ4n) is 2.88. The lowest BCUT2D eigenvalue weighted by Gasteiger charge is -2.26. The van der Waals surface area contributed by atoms with Crippen LogP contribution < -0.4 is 0 Å². The van der Waals surface area contributed by atoms with E-state index in [4.69, 9.17) is 0 Å². The summed E-state index contributed by atoms with van der Waals surface area (Å²) in [6.45, 7) is 7.40. The smallest absolute Gasteiger partial charge is 0.171 e. The molecule has 0 saturated heterocycles. The lowest BCUT2D eigenvalue weighted by atomic mass is 9.83. The molecule has 0 bridgehead atoms. The molecule has 1 saturated carbocycles. The average molecular weight is 222 g/mol. The number of hydrogen-bond acceptors (Lipinski definition) is 0. The molecular formula is C12H21F3. The lowest BCUT2D eigenvalue weighted by molar-refractivity contribution is -0.190. The maximum atomic E-state index is 12.7. The lowest BCUT2D eigenvalue weighted by Crippen LogP contribution is -2.30. The number of alkyl halides is 3. The van der Waals surface area contributed by atoms with Gasteiger partial charge in [0.15, 0.2) is 0 Å². The van der Waals surface area contributed by atoms with E-state index in [0.717, 1.165) is 12.8 Å². The van der Waals surface area contributed by atoms with Gasteiger partial charge in [-0.15, -0.1) is 0 Å². The molecule has 1 rings (SSSR count). The molecular weight excluding hydrogens is 201 g/mol. The highest BCUT2D eigenvalue weighted by atomic mass is 19.4. The molecule has 0 nitrogen and oxygen atoms in total. The van der Waals surface area contributed by atoms with Gasteiger partial charge in [0.05, 0.1) is 5.92 Å². The normalized spacial score (nSPS) is 33.2. The number of rotatable bonds is 4. The van der Waals surface area contributed by atoms with Crippen molar-refractivity contribution in [2.75, 3.05) is 0 Å². The Bertz CT molecular complexity index is 219. The van der Waals surface area contributed by atoms with E-state index in [2.05, 4.69) is 13.8 Å². The summed E-state index contributed by atoms with van der Waals surface area (Å²) in [4.78, 5) is 0. The first-order chi connectivity index (χ1) is 6.74. The van der Waals surface area contributed by atoms with Crippen molar-refractivity contribution in [3.8, 4) is 0 Å². The Labute approximate surface area is 90.2 Å². The summed E-state index contributed by atoms with van der Waals surface area (Å²) in [5.74, 6) is -0.346. The molecule has 1 fully saturated rings. The predicted molar refractivity (Wildman–Crippen MR) is 55.5 cm³/mol. The van der Waals surface area contributed by atoms with E-state index >= 15 is 0 Å². The first-order valence-corrected chi connectivity index (χ1v) is 5.80. The molecule has 1 aliphatic rings. The van der Waals surface area contributed by atoms with E-state index in [1.165, 1.54) is 6.92 Å². The van der Waals surface area contributed by atoms with E-state index < -0.39 is 17.5 Å². The van der Waals surface area contributed by atoms with Gasteiger partial charge in [-0.25, -0.2) is 0 Å². The predicted octanol–water partition coefficient (Wildman–Crippen LogP) is 4.65. The maximum absolute atomic E-state index is 12.7. The molecule has 0 amide bonds. The molecule has 3 unspecified atom stereocenters. The fourth-order valence-corrected chi connectivity index (χ4v) is 2.88. The molecule has 90 valence electrons. The van der Waals surface area contributed by atoms with Crippen molar-refractivity contribution in [3.05, 3.63) is 0 Å². The van der Waals surface area contributed by atoms with Gasteiger partial charge in [-0.2, -0.15) is 13.2 Å². The van der Waals surface area contributed by atoms with Crippen LogP contribution in [-0.2, 0) is 0 Å². The van der Waals surface area contributed by atoms with Gasteiger partial charge in [0.25, 0.3) is 0 Å². The Kier molecular flexibility index (Phi) is 3.42. The number of hydrogen-bond donors (Lipinski definition) is 0. The Balaban J connectivity index is 2.66. The minimum atomic E-state index is -4.03. The molecule has 1 aliphatic carbocycles. The van der Waals surface area contributed by atoms with Gasteiger partial charge in [-0.1, -0.05) is 27.7 Å². The topological polar surface area (TPSA) is 0 Å². The van der Waals surface area contributed by atoms with Crippen LogP contribution in [0.2, 0.25) is 0 Å². The van der Waals surface area contributed by atoms with Crippen LogP contribution in [0, 0.1) is 23.2 Å². The highest BCUT2D eigenvalue weighted by Gasteiger charge is 2.62. The van der Waals surface area contributed by atoms with Crippen LogP contribution in [0.1, 0.15) is 47.0 Å². The van der Waals surface area contributed by atoms with Crippen molar-refractivity contribution in [1.29, 1.82) is 0 Å². The molecule has 0 aromatic rings. The molecule has 0 spiro atoms. The summed E-state index contributed by atoms with van der Waals surface area (Å²) in [7, 11) is 0. The van der Waals surface area contributed by atoms with E-state index in [1.54, 1.807) is 0 Å². The summed E-state index contributed by atoms with van der Waals surface area (Å²) < 4.78 is 38.0. The standard InChI is InChI=1S/C12H21F3/c1-5-11(9(4)12(13,14)15)7-10(11)6-8(2)3/h8-10H,5-7H2,1-4H3. The van der Waals surface area contributed by atoms with Crippen molar-refractivity contribution in [2.45, 2.75) is 53.1 Å². The number of halogens is 3. The summed E-state index contributed by atoms with van der Waals surface area (Å²) in [6, 6.07) is 0.